The fourth-order valence-electron chi connectivity index (χ4n) is 3.18. The molecule has 2 aromatic rings. The molecular formula is C18H23N5O3. The van der Waals surface area contributed by atoms with E-state index in [1.165, 1.54) is 28.2 Å². The minimum absolute atomic E-state index is 0.0334. The van der Waals surface area contributed by atoms with Crippen LogP contribution in [0, 0.1) is 17.0 Å². The van der Waals surface area contributed by atoms with E-state index in [1.807, 2.05) is 11.0 Å². The van der Waals surface area contributed by atoms with Crippen molar-refractivity contribution in [2.45, 2.75) is 26.4 Å². The summed E-state index contributed by atoms with van der Waals surface area (Å²) >= 11 is 0. The van der Waals surface area contributed by atoms with Crippen LogP contribution < -0.4 is 0 Å². The zero-order valence-corrected chi connectivity index (χ0v) is 14.9. The summed E-state index contributed by atoms with van der Waals surface area (Å²) in [7, 11) is 0. The maximum Gasteiger partial charge on any atom is 0.307 e. The molecule has 1 aliphatic heterocycles. The van der Waals surface area contributed by atoms with Gasteiger partial charge in [0.25, 0.3) is 0 Å². The van der Waals surface area contributed by atoms with Crippen molar-refractivity contribution < 1.29 is 9.72 Å². The minimum Gasteiger partial charge on any atom is -0.340 e. The Balaban J connectivity index is 1.55. The molecule has 0 N–H and O–H groups in total. The molecule has 8 heteroatoms. The summed E-state index contributed by atoms with van der Waals surface area (Å²) < 4.78 is 1.33. The lowest BCUT2D eigenvalue weighted by atomic mass is 10.1. The first-order chi connectivity index (χ1) is 12.5. The van der Waals surface area contributed by atoms with Gasteiger partial charge >= 0.3 is 5.69 Å². The zero-order chi connectivity index (χ0) is 18.5. The van der Waals surface area contributed by atoms with Crippen molar-refractivity contribution >= 4 is 11.6 Å². The molecule has 1 fully saturated rings. The molecule has 26 heavy (non-hydrogen) atoms. The van der Waals surface area contributed by atoms with Gasteiger partial charge in [-0.15, -0.1) is 0 Å². The second-order valence-corrected chi connectivity index (χ2v) is 6.59. The number of hydrogen-bond donors (Lipinski definition) is 0. The van der Waals surface area contributed by atoms with E-state index < -0.39 is 4.92 Å². The topological polar surface area (TPSA) is 84.5 Å². The number of nitrogens with zero attached hydrogens (tertiary/aromatic N) is 5. The van der Waals surface area contributed by atoms with Gasteiger partial charge in [0.2, 0.25) is 5.91 Å². The zero-order valence-electron chi connectivity index (χ0n) is 14.9. The molecule has 138 valence electrons. The Morgan fingerprint density at radius 2 is 2.04 bits per heavy atom. The summed E-state index contributed by atoms with van der Waals surface area (Å²) in [6, 6.07) is 8.36. The molecule has 0 saturated carbocycles. The summed E-state index contributed by atoms with van der Waals surface area (Å²) in [6.45, 7) is 6.17. The molecule has 1 aliphatic rings. The lowest BCUT2D eigenvalue weighted by molar-refractivity contribution is -0.385. The Morgan fingerprint density at radius 1 is 1.23 bits per heavy atom. The number of carbonyl (C=O) groups excluding carboxylic acids is 1. The van der Waals surface area contributed by atoms with Crippen molar-refractivity contribution in [3.63, 3.8) is 0 Å². The van der Waals surface area contributed by atoms with Gasteiger partial charge in [0.15, 0.2) is 0 Å². The summed E-state index contributed by atoms with van der Waals surface area (Å²) in [5.74, 6) is -0.0549. The summed E-state index contributed by atoms with van der Waals surface area (Å²) in [6.07, 6.45) is 3.37. The molecule has 1 saturated heterocycles. The maximum atomic E-state index is 12.5. The average Bonchev–Trinajstić information content (AvgIpc) is 2.95. The van der Waals surface area contributed by atoms with E-state index >= 15 is 0 Å². The van der Waals surface area contributed by atoms with Gasteiger partial charge in [-0.25, -0.2) is 0 Å². The van der Waals surface area contributed by atoms with Crippen LogP contribution in [0.3, 0.4) is 0 Å². The number of aryl methyl sites for hydroxylation is 1. The number of aromatic nitrogens is 2. The predicted octanol–water partition coefficient (Wildman–Crippen LogP) is 1.83. The van der Waals surface area contributed by atoms with Crippen molar-refractivity contribution in [1.82, 2.24) is 19.6 Å². The highest BCUT2D eigenvalue weighted by atomic mass is 16.6. The molecule has 0 spiro atoms. The Kier molecular flexibility index (Phi) is 5.62. The van der Waals surface area contributed by atoms with E-state index in [0.717, 1.165) is 26.1 Å². The lowest BCUT2D eigenvalue weighted by Gasteiger charge is -2.22. The number of rotatable bonds is 5. The molecule has 1 amide bonds. The smallest absolute Gasteiger partial charge is 0.307 e. The van der Waals surface area contributed by atoms with Crippen LogP contribution in [-0.2, 0) is 17.9 Å². The van der Waals surface area contributed by atoms with Crippen LogP contribution in [-0.4, -0.2) is 56.6 Å². The fraction of sp³-hybridized carbons (Fsp3) is 0.444. The second-order valence-electron chi connectivity index (χ2n) is 6.59. The van der Waals surface area contributed by atoms with Gasteiger partial charge in [-0.1, -0.05) is 24.3 Å². The van der Waals surface area contributed by atoms with Crippen LogP contribution in [0.25, 0.3) is 0 Å². The highest BCUT2D eigenvalue weighted by Gasteiger charge is 2.20. The van der Waals surface area contributed by atoms with Gasteiger partial charge in [0.1, 0.15) is 18.9 Å². The third kappa shape index (κ3) is 4.45. The molecule has 0 aliphatic carbocycles. The van der Waals surface area contributed by atoms with Crippen LogP contribution in [0.1, 0.15) is 17.5 Å². The first-order valence-corrected chi connectivity index (χ1v) is 8.74. The van der Waals surface area contributed by atoms with Gasteiger partial charge in [0, 0.05) is 32.7 Å². The number of benzene rings is 1. The summed E-state index contributed by atoms with van der Waals surface area (Å²) in [5.41, 5.74) is 2.50. The van der Waals surface area contributed by atoms with Gasteiger partial charge in [-0.05, 0) is 24.5 Å². The van der Waals surface area contributed by atoms with E-state index in [2.05, 4.69) is 35.1 Å². The Labute approximate surface area is 152 Å². The van der Waals surface area contributed by atoms with Gasteiger partial charge in [-0.3, -0.25) is 24.5 Å². The van der Waals surface area contributed by atoms with E-state index in [1.54, 1.807) is 0 Å². The van der Waals surface area contributed by atoms with Crippen LogP contribution >= 0.6 is 0 Å². The molecular weight excluding hydrogens is 334 g/mol. The van der Waals surface area contributed by atoms with E-state index in [-0.39, 0.29) is 18.1 Å². The average molecular weight is 357 g/mol. The van der Waals surface area contributed by atoms with Gasteiger partial charge < -0.3 is 4.90 Å². The van der Waals surface area contributed by atoms with E-state index in [0.29, 0.717) is 13.1 Å². The maximum absolute atomic E-state index is 12.5. The lowest BCUT2D eigenvalue weighted by Crippen LogP contribution is -2.37. The highest BCUT2D eigenvalue weighted by Crippen LogP contribution is 2.13. The number of hydrogen-bond acceptors (Lipinski definition) is 5. The van der Waals surface area contributed by atoms with Crippen molar-refractivity contribution in [2.24, 2.45) is 0 Å². The minimum atomic E-state index is -0.511. The number of carbonyl (C=O) groups is 1. The third-order valence-corrected chi connectivity index (χ3v) is 4.72. The molecule has 1 aromatic carbocycles. The Morgan fingerprint density at radius 3 is 2.77 bits per heavy atom. The molecule has 0 unspecified atom stereocenters. The number of amides is 1. The first-order valence-electron chi connectivity index (χ1n) is 8.74. The third-order valence-electron chi connectivity index (χ3n) is 4.72. The van der Waals surface area contributed by atoms with Gasteiger partial charge in [0.05, 0.1) is 4.92 Å². The Bertz CT molecular complexity index is 789. The van der Waals surface area contributed by atoms with Crippen molar-refractivity contribution in [3.05, 3.63) is 57.9 Å². The van der Waals surface area contributed by atoms with Crippen LogP contribution in [0.4, 0.5) is 5.69 Å². The van der Waals surface area contributed by atoms with Crippen molar-refractivity contribution in [1.29, 1.82) is 0 Å². The SMILES string of the molecule is Cc1ccccc1CN1CCCN(C(=O)Cn2cc([N+](=O)[O-])cn2)CC1. The quantitative estimate of drug-likeness (QED) is 0.602. The molecule has 1 aromatic heterocycles. The molecule has 0 radical (unpaired) electrons. The molecule has 0 bridgehead atoms. The molecule has 2 heterocycles. The molecule has 8 nitrogen and oxygen atoms in total. The van der Waals surface area contributed by atoms with E-state index in [4.69, 9.17) is 0 Å². The standard InChI is InChI=1S/C18H23N5O3/c1-15-5-2-3-6-16(15)12-20-7-4-8-21(10-9-20)18(24)14-22-13-17(11-19-22)23(25)26/h2-3,5-6,11,13H,4,7-10,12,14H2,1H3. The highest BCUT2D eigenvalue weighted by molar-refractivity contribution is 5.76. The first kappa shape index (κ1) is 18.1. The summed E-state index contributed by atoms with van der Waals surface area (Å²) in [4.78, 5) is 26.9. The summed E-state index contributed by atoms with van der Waals surface area (Å²) in [5, 5.41) is 14.6. The van der Waals surface area contributed by atoms with E-state index in [9.17, 15) is 14.9 Å². The van der Waals surface area contributed by atoms with Crippen molar-refractivity contribution in [3.8, 4) is 0 Å². The second kappa shape index (κ2) is 8.09. The Hall–Kier alpha value is -2.74. The normalized spacial score (nSPS) is 15.7. The predicted molar refractivity (Wildman–Crippen MR) is 96.5 cm³/mol. The van der Waals surface area contributed by atoms with Gasteiger partial charge in [-0.2, -0.15) is 5.10 Å². The molecule has 3 rings (SSSR count). The van der Waals surface area contributed by atoms with Crippen LogP contribution in [0.5, 0.6) is 0 Å². The number of nitro groups is 1. The van der Waals surface area contributed by atoms with Crippen LogP contribution in [0.2, 0.25) is 0 Å². The largest absolute Gasteiger partial charge is 0.340 e. The monoisotopic (exact) mass is 357 g/mol. The van der Waals surface area contributed by atoms with Crippen molar-refractivity contribution in [2.75, 3.05) is 26.2 Å². The molecule has 0 atom stereocenters. The fourth-order valence-corrected chi connectivity index (χ4v) is 3.18. The van der Waals surface area contributed by atoms with Crippen LogP contribution in [0.15, 0.2) is 36.7 Å².